The van der Waals surface area contributed by atoms with E-state index in [4.69, 9.17) is 9.47 Å². The zero-order chi connectivity index (χ0) is 12.7. The van der Waals surface area contributed by atoms with Crippen molar-refractivity contribution < 1.29 is 9.47 Å². The van der Waals surface area contributed by atoms with Gasteiger partial charge in [0.2, 0.25) is 0 Å². The highest BCUT2D eigenvalue weighted by Gasteiger charge is 2.16. The second kappa shape index (κ2) is 8.06. The minimum absolute atomic E-state index is 0.0329. The van der Waals surface area contributed by atoms with E-state index in [0.29, 0.717) is 0 Å². The molecule has 1 aliphatic heterocycles. The molecule has 3 nitrogen and oxygen atoms in total. The second-order valence-corrected chi connectivity index (χ2v) is 5.86. The van der Waals surface area contributed by atoms with Crippen molar-refractivity contribution in [3.8, 4) is 0 Å². The predicted molar refractivity (Wildman–Crippen MR) is 71.0 cm³/mol. The first-order valence-corrected chi connectivity index (χ1v) is 7.03. The molecule has 0 unspecified atom stereocenters. The highest BCUT2D eigenvalue weighted by atomic mass is 16.7. The van der Waals surface area contributed by atoms with Crippen LogP contribution in [0.25, 0.3) is 0 Å². The lowest BCUT2D eigenvalue weighted by atomic mass is 10.1. The summed E-state index contributed by atoms with van der Waals surface area (Å²) < 4.78 is 11.2. The zero-order valence-electron chi connectivity index (χ0n) is 11.9. The predicted octanol–water partition coefficient (Wildman–Crippen LogP) is 2.75. The Bertz CT molecular complexity index is 179. The van der Waals surface area contributed by atoms with E-state index >= 15 is 0 Å². The SMILES string of the molecule is CC(C)CN(CCC1OCCCO1)CC(C)C. The van der Waals surface area contributed by atoms with Crippen LogP contribution in [-0.2, 0) is 9.47 Å². The van der Waals surface area contributed by atoms with E-state index < -0.39 is 0 Å². The first-order valence-electron chi connectivity index (χ1n) is 7.03. The number of nitrogens with zero attached hydrogens (tertiary/aromatic N) is 1. The Hall–Kier alpha value is -0.120. The van der Waals surface area contributed by atoms with Gasteiger partial charge in [0.05, 0.1) is 13.2 Å². The average molecular weight is 243 g/mol. The first kappa shape index (κ1) is 14.9. The van der Waals surface area contributed by atoms with Crippen LogP contribution in [0.15, 0.2) is 0 Å². The van der Waals surface area contributed by atoms with Crippen molar-refractivity contribution in [2.75, 3.05) is 32.8 Å². The van der Waals surface area contributed by atoms with Crippen LogP contribution in [0.5, 0.6) is 0 Å². The molecule has 1 fully saturated rings. The Labute approximate surface area is 106 Å². The maximum absolute atomic E-state index is 5.59. The van der Waals surface area contributed by atoms with Gasteiger partial charge < -0.3 is 14.4 Å². The van der Waals surface area contributed by atoms with E-state index in [1.165, 1.54) is 13.1 Å². The summed E-state index contributed by atoms with van der Waals surface area (Å²) in [5.41, 5.74) is 0. The van der Waals surface area contributed by atoms with E-state index in [2.05, 4.69) is 32.6 Å². The number of hydrogen-bond acceptors (Lipinski definition) is 3. The van der Waals surface area contributed by atoms with Crippen molar-refractivity contribution in [2.24, 2.45) is 11.8 Å². The monoisotopic (exact) mass is 243 g/mol. The lowest BCUT2D eigenvalue weighted by molar-refractivity contribution is -0.182. The quantitative estimate of drug-likeness (QED) is 0.686. The molecule has 0 aromatic carbocycles. The molecule has 0 spiro atoms. The molecule has 3 heteroatoms. The average Bonchev–Trinajstić information content (AvgIpc) is 2.26. The van der Waals surface area contributed by atoms with Gasteiger partial charge in [0.1, 0.15) is 0 Å². The topological polar surface area (TPSA) is 21.7 Å². The molecule has 1 saturated heterocycles. The van der Waals surface area contributed by atoms with E-state index in [-0.39, 0.29) is 6.29 Å². The lowest BCUT2D eigenvalue weighted by Gasteiger charge is -2.29. The van der Waals surface area contributed by atoms with Gasteiger partial charge in [0.25, 0.3) is 0 Å². The van der Waals surface area contributed by atoms with Crippen LogP contribution in [0, 0.1) is 11.8 Å². The fraction of sp³-hybridized carbons (Fsp3) is 1.00. The summed E-state index contributed by atoms with van der Waals surface area (Å²) in [6, 6.07) is 0. The smallest absolute Gasteiger partial charge is 0.158 e. The molecule has 1 rings (SSSR count). The summed E-state index contributed by atoms with van der Waals surface area (Å²) in [6.45, 7) is 14.3. The minimum atomic E-state index is 0.0329. The van der Waals surface area contributed by atoms with E-state index in [1.54, 1.807) is 0 Å². The van der Waals surface area contributed by atoms with Crippen LogP contribution < -0.4 is 0 Å². The number of ether oxygens (including phenoxy) is 2. The van der Waals surface area contributed by atoms with Gasteiger partial charge in [-0.3, -0.25) is 0 Å². The second-order valence-electron chi connectivity index (χ2n) is 5.86. The highest BCUT2D eigenvalue weighted by Crippen LogP contribution is 2.11. The van der Waals surface area contributed by atoms with Crippen molar-refractivity contribution in [3.63, 3.8) is 0 Å². The molecular weight excluding hydrogens is 214 g/mol. The molecule has 17 heavy (non-hydrogen) atoms. The van der Waals surface area contributed by atoms with Gasteiger partial charge >= 0.3 is 0 Å². The van der Waals surface area contributed by atoms with E-state index in [1.807, 2.05) is 0 Å². The molecule has 0 amide bonds. The Balaban J connectivity index is 2.26. The summed E-state index contributed by atoms with van der Waals surface area (Å²) in [4.78, 5) is 2.54. The Morgan fingerprint density at radius 1 is 1.00 bits per heavy atom. The van der Waals surface area contributed by atoms with Gasteiger partial charge in [0.15, 0.2) is 6.29 Å². The minimum Gasteiger partial charge on any atom is -0.353 e. The molecule has 0 aromatic rings. The van der Waals surface area contributed by atoms with Gasteiger partial charge in [-0.25, -0.2) is 0 Å². The van der Waals surface area contributed by atoms with Gasteiger partial charge in [-0.2, -0.15) is 0 Å². The summed E-state index contributed by atoms with van der Waals surface area (Å²) in [5.74, 6) is 1.45. The molecule has 0 bridgehead atoms. The molecule has 0 radical (unpaired) electrons. The largest absolute Gasteiger partial charge is 0.353 e. The van der Waals surface area contributed by atoms with Crippen LogP contribution in [0.4, 0.5) is 0 Å². The van der Waals surface area contributed by atoms with Gasteiger partial charge in [0, 0.05) is 26.1 Å². The maximum Gasteiger partial charge on any atom is 0.158 e. The molecule has 0 N–H and O–H groups in total. The third-order valence-corrected chi connectivity index (χ3v) is 2.82. The van der Waals surface area contributed by atoms with E-state index in [0.717, 1.165) is 44.4 Å². The van der Waals surface area contributed by atoms with Gasteiger partial charge in [-0.1, -0.05) is 27.7 Å². The number of rotatable bonds is 7. The third-order valence-electron chi connectivity index (χ3n) is 2.82. The maximum atomic E-state index is 5.59. The molecule has 1 aliphatic rings. The first-order chi connectivity index (χ1) is 8.08. The van der Waals surface area contributed by atoms with Crippen LogP contribution in [0.3, 0.4) is 0 Å². The molecule has 0 aliphatic carbocycles. The number of hydrogen-bond donors (Lipinski definition) is 0. The molecule has 0 aromatic heterocycles. The zero-order valence-corrected chi connectivity index (χ0v) is 11.9. The van der Waals surface area contributed by atoms with Crippen molar-refractivity contribution >= 4 is 0 Å². The highest BCUT2D eigenvalue weighted by molar-refractivity contribution is 4.64. The fourth-order valence-corrected chi connectivity index (χ4v) is 2.28. The van der Waals surface area contributed by atoms with Crippen LogP contribution in [-0.4, -0.2) is 44.0 Å². The molecule has 0 saturated carbocycles. The Kier molecular flexibility index (Phi) is 7.09. The van der Waals surface area contributed by atoms with Crippen molar-refractivity contribution in [2.45, 2.75) is 46.8 Å². The molecule has 1 heterocycles. The van der Waals surface area contributed by atoms with Crippen molar-refractivity contribution in [1.29, 1.82) is 0 Å². The van der Waals surface area contributed by atoms with Gasteiger partial charge in [-0.05, 0) is 18.3 Å². The van der Waals surface area contributed by atoms with Crippen LogP contribution >= 0.6 is 0 Å². The van der Waals surface area contributed by atoms with Crippen molar-refractivity contribution in [1.82, 2.24) is 4.90 Å². The molecule has 0 atom stereocenters. The normalized spacial score (nSPS) is 18.5. The molecular formula is C14H29NO2. The van der Waals surface area contributed by atoms with Crippen molar-refractivity contribution in [3.05, 3.63) is 0 Å². The molecule has 102 valence electrons. The Morgan fingerprint density at radius 3 is 2.00 bits per heavy atom. The summed E-state index contributed by atoms with van der Waals surface area (Å²) >= 11 is 0. The van der Waals surface area contributed by atoms with Gasteiger partial charge in [-0.15, -0.1) is 0 Å². The van der Waals surface area contributed by atoms with Crippen LogP contribution in [0.1, 0.15) is 40.5 Å². The Morgan fingerprint density at radius 2 is 1.53 bits per heavy atom. The van der Waals surface area contributed by atoms with Crippen LogP contribution in [0.2, 0.25) is 0 Å². The van der Waals surface area contributed by atoms with E-state index in [9.17, 15) is 0 Å². The summed E-state index contributed by atoms with van der Waals surface area (Å²) in [6.07, 6.45) is 2.07. The summed E-state index contributed by atoms with van der Waals surface area (Å²) in [7, 11) is 0. The standard InChI is InChI=1S/C14H29NO2/c1-12(2)10-15(11-13(3)4)7-6-14-16-8-5-9-17-14/h12-14H,5-11H2,1-4H3. The summed E-state index contributed by atoms with van der Waals surface area (Å²) in [5, 5.41) is 0. The third kappa shape index (κ3) is 7.02. The fourth-order valence-electron chi connectivity index (χ4n) is 2.28. The lowest BCUT2D eigenvalue weighted by Crippen LogP contribution is -2.35.